The minimum absolute atomic E-state index is 0.127. The maximum absolute atomic E-state index is 12.8. The lowest BCUT2D eigenvalue weighted by Crippen LogP contribution is -2.28. The summed E-state index contributed by atoms with van der Waals surface area (Å²) in [6, 6.07) is 7.51. The van der Waals surface area contributed by atoms with Crippen LogP contribution in [0.1, 0.15) is 44.5 Å². The Morgan fingerprint density at radius 3 is 2.77 bits per heavy atom. The van der Waals surface area contributed by atoms with Crippen molar-refractivity contribution in [2.75, 3.05) is 19.0 Å². The zero-order valence-electron chi connectivity index (χ0n) is 16.5. The summed E-state index contributed by atoms with van der Waals surface area (Å²) < 4.78 is 10.7. The highest BCUT2D eigenvalue weighted by Gasteiger charge is 2.32. The van der Waals surface area contributed by atoms with Crippen molar-refractivity contribution in [1.29, 1.82) is 0 Å². The molecular weight excluding hydrogens is 476 g/mol. The first-order valence-electron chi connectivity index (χ1n) is 9.04. The molecule has 0 bridgehead atoms. The van der Waals surface area contributed by atoms with Crippen LogP contribution >= 0.6 is 27.3 Å². The number of rotatable bonds is 6. The molecule has 158 valence electrons. The fourth-order valence-electron chi connectivity index (χ4n) is 2.89. The van der Waals surface area contributed by atoms with Crippen molar-refractivity contribution in [2.24, 2.45) is 5.16 Å². The molecule has 0 radical (unpaired) electrons. The van der Waals surface area contributed by atoms with Gasteiger partial charge in [0.2, 0.25) is 6.10 Å². The number of halogens is 1. The van der Waals surface area contributed by atoms with E-state index in [0.717, 1.165) is 21.4 Å². The van der Waals surface area contributed by atoms with Gasteiger partial charge >= 0.3 is 11.9 Å². The van der Waals surface area contributed by atoms with Crippen LogP contribution < -0.4 is 5.32 Å². The van der Waals surface area contributed by atoms with Crippen LogP contribution in [0, 0.1) is 6.92 Å². The third-order valence-electron chi connectivity index (χ3n) is 4.35. The fourth-order valence-corrected chi connectivity index (χ4v) is 4.40. The van der Waals surface area contributed by atoms with Crippen molar-refractivity contribution < 1.29 is 28.7 Å². The largest absolute Gasteiger partial charge is 0.465 e. The average Bonchev–Trinajstić information content (AvgIpc) is 3.33. The zero-order chi connectivity index (χ0) is 21.8. The van der Waals surface area contributed by atoms with Crippen molar-refractivity contribution in [1.82, 2.24) is 0 Å². The standard InChI is InChI=1S/C20H19BrN2O6S/c1-4-28-19(25)15-10(2)16(20(26)27-3)30-18(15)22-17(24)14-9-13(23-29-14)11-6-5-7-12(21)8-11/h5-8,14H,4,9H2,1-3H3,(H,22,24). The molecule has 0 aliphatic carbocycles. The van der Waals surface area contributed by atoms with Gasteiger partial charge in [-0.15, -0.1) is 11.3 Å². The molecule has 0 saturated heterocycles. The van der Waals surface area contributed by atoms with Crippen LogP contribution in [-0.2, 0) is 19.1 Å². The number of hydrogen-bond acceptors (Lipinski definition) is 8. The van der Waals surface area contributed by atoms with Gasteiger partial charge in [-0.1, -0.05) is 33.2 Å². The molecule has 0 fully saturated rings. The Hall–Kier alpha value is -2.72. The molecule has 1 aliphatic rings. The molecule has 0 saturated carbocycles. The number of ether oxygens (including phenoxy) is 2. The van der Waals surface area contributed by atoms with Gasteiger partial charge in [-0.2, -0.15) is 0 Å². The molecule has 30 heavy (non-hydrogen) atoms. The third kappa shape index (κ3) is 4.54. The number of carbonyl (C=O) groups excluding carboxylic acids is 3. The minimum atomic E-state index is -0.863. The number of esters is 2. The number of anilines is 1. The predicted octanol–water partition coefficient (Wildman–Crippen LogP) is 3.91. The van der Waals surface area contributed by atoms with E-state index in [4.69, 9.17) is 14.3 Å². The van der Waals surface area contributed by atoms with E-state index >= 15 is 0 Å². The van der Waals surface area contributed by atoms with Gasteiger partial charge in [-0.25, -0.2) is 9.59 Å². The monoisotopic (exact) mass is 494 g/mol. The number of methoxy groups -OCH3 is 1. The van der Waals surface area contributed by atoms with E-state index in [1.807, 2.05) is 24.3 Å². The molecule has 0 spiro atoms. The summed E-state index contributed by atoms with van der Waals surface area (Å²) in [6.45, 7) is 3.43. The Morgan fingerprint density at radius 1 is 1.33 bits per heavy atom. The number of thiophene rings is 1. The summed E-state index contributed by atoms with van der Waals surface area (Å²) in [6.07, 6.45) is -0.594. The van der Waals surface area contributed by atoms with Crippen molar-refractivity contribution in [3.05, 3.63) is 50.3 Å². The van der Waals surface area contributed by atoms with Crippen molar-refractivity contribution in [2.45, 2.75) is 26.4 Å². The summed E-state index contributed by atoms with van der Waals surface area (Å²) >= 11 is 4.36. The van der Waals surface area contributed by atoms with E-state index in [0.29, 0.717) is 11.3 Å². The molecule has 1 amide bonds. The van der Waals surface area contributed by atoms with Crippen LogP contribution in [-0.4, -0.2) is 43.4 Å². The lowest BCUT2D eigenvalue weighted by Gasteiger charge is -2.10. The lowest BCUT2D eigenvalue weighted by atomic mass is 10.0. The van der Waals surface area contributed by atoms with E-state index in [1.165, 1.54) is 7.11 Å². The molecule has 2 heterocycles. The number of hydrogen-bond donors (Lipinski definition) is 1. The van der Waals surface area contributed by atoms with E-state index in [9.17, 15) is 14.4 Å². The Labute approximate surface area is 185 Å². The summed E-state index contributed by atoms with van der Waals surface area (Å²) in [7, 11) is 1.25. The highest BCUT2D eigenvalue weighted by Crippen LogP contribution is 2.35. The molecule has 1 unspecified atom stereocenters. The van der Waals surface area contributed by atoms with Crippen molar-refractivity contribution in [3.63, 3.8) is 0 Å². The van der Waals surface area contributed by atoms with Gasteiger partial charge in [-0.05, 0) is 31.5 Å². The second-order valence-electron chi connectivity index (χ2n) is 6.31. The van der Waals surface area contributed by atoms with E-state index in [2.05, 4.69) is 26.4 Å². The van der Waals surface area contributed by atoms with E-state index < -0.39 is 23.9 Å². The van der Waals surface area contributed by atoms with Crippen LogP contribution in [0.3, 0.4) is 0 Å². The molecule has 1 aliphatic heterocycles. The van der Waals surface area contributed by atoms with Gasteiger partial charge in [-0.3, -0.25) is 4.79 Å². The maximum Gasteiger partial charge on any atom is 0.348 e. The second kappa shape index (κ2) is 9.40. The highest BCUT2D eigenvalue weighted by atomic mass is 79.9. The van der Waals surface area contributed by atoms with Crippen LogP contribution in [0.5, 0.6) is 0 Å². The molecule has 1 N–H and O–H groups in total. The smallest absolute Gasteiger partial charge is 0.348 e. The molecule has 10 heteroatoms. The summed E-state index contributed by atoms with van der Waals surface area (Å²) in [5.41, 5.74) is 1.99. The first-order chi connectivity index (χ1) is 14.3. The first-order valence-corrected chi connectivity index (χ1v) is 10.6. The highest BCUT2D eigenvalue weighted by molar-refractivity contribution is 9.10. The van der Waals surface area contributed by atoms with Gasteiger partial charge < -0.3 is 19.6 Å². The van der Waals surface area contributed by atoms with Gasteiger partial charge in [0, 0.05) is 16.5 Å². The third-order valence-corrected chi connectivity index (χ3v) is 6.03. The zero-order valence-corrected chi connectivity index (χ0v) is 18.9. The van der Waals surface area contributed by atoms with Gasteiger partial charge in [0.1, 0.15) is 9.88 Å². The van der Waals surface area contributed by atoms with Crippen molar-refractivity contribution in [3.8, 4) is 0 Å². The number of oxime groups is 1. The van der Waals surface area contributed by atoms with Crippen LogP contribution in [0.25, 0.3) is 0 Å². The maximum atomic E-state index is 12.8. The Balaban J connectivity index is 1.79. The first kappa shape index (κ1) is 22.0. The number of amides is 1. The van der Waals surface area contributed by atoms with Crippen LogP contribution in [0.15, 0.2) is 33.9 Å². The van der Waals surface area contributed by atoms with Crippen LogP contribution in [0.4, 0.5) is 5.00 Å². The molecular formula is C20H19BrN2O6S. The minimum Gasteiger partial charge on any atom is -0.465 e. The summed E-state index contributed by atoms with van der Waals surface area (Å²) in [4.78, 5) is 42.7. The number of nitrogens with zero attached hydrogens (tertiary/aromatic N) is 1. The number of benzene rings is 1. The number of carbonyl (C=O) groups is 3. The van der Waals surface area contributed by atoms with Crippen LogP contribution in [0.2, 0.25) is 0 Å². The van der Waals surface area contributed by atoms with Crippen molar-refractivity contribution >= 4 is 55.8 Å². The Kier molecular flexibility index (Phi) is 6.88. The number of nitrogens with one attached hydrogen (secondary N) is 1. The molecule has 1 atom stereocenters. The summed E-state index contributed by atoms with van der Waals surface area (Å²) in [5, 5.41) is 6.90. The summed E-state index contributed by atoms with van der Waals surface area (Å²) in [5.74, 6) is -1.71. The fraction of sp³-hybridized carbons (Fsp3) is 0.300. The topological polar surface area (TPSA) is 103 Å². The molecule has 8 nitrogen and oxygen atoms in total. The van der Waals surface area contributed by atoms with Gasteiger partial charge in [0.25, 0.3) is 5.91 Å². The molecule has 1 aromatic heterocycles. The Morgan fingerprint density at radius 2 is 2.10 bits per heavy atom. The van der Waals surface area contributed by atoms with Gasteiger partial charge in [0.15, 0.2) is 0 Å². The van der Waals surface area contributed by atoms with E-state index in [-0.39, 0.29) is 28.5 Å². The quantitative estimate of drug-likeness (QED) is 0.610. The van der Waals surface area contributed by atoms with E-state index in [1.54, 1.807) is 13.8 Å². The average molecular weight is 495 g/mol. The SMILES string of the molecule is CCOC(=O)c1c(NC(=O)C2CC(c3cccc(Br)c3)=NO2)sc(C(=O)OC)c1C. The molecule has 2 aromatic rings. The molecule has 1 aromatic carbocycles. The Bertz CT molecular complexity index is 1030. The van der Waals surface area contributed by atoms with Gasteiger partial charge in [0.05, 0.1) is 25.0 Å². The molecule has 3 rings (SSSR count). The lowest BCUT2D eigenvalue weighted by molar-refractivity contribution is -0.125. The predicted molar refractivity (Wildman–Crippen MR) is 115 cm³/mol. The second-order valence-corrected chi connectivity index (χ2v) is 8.24. The normalized spacial score (nSPS) is 15.2.